The van der Waals surface area contributed by atoms with Crippen LogP contribution in [-0.2, 0) is 13.0 Å². The Hall–Kier alpha value is -4.19. The minimum absolute atomic E-state index is 0.189. The molecule has 0 saturated heterocycles. The molecule has 0 fully saturated rings. The van der Waals surface area contributed by atoms with E-state index in [9.17, 15) is 4.79 Å². The molecule has 1 aliphatic rings. The lowest BCUT2D eigenvalue weighted by Crippen LogP contribution is -2.37. The topological polar surface area (TPSA) is 55.7 Å². The van der Waals surface area contributed by atoms with Gasteiger partial charge in [0.15, 0.2) is 11.5 Å². The maximum absolute atomic E-state index is 13.9. The molecule has 1 atom stereocenters. The van der Waals surface area contributed by atoms with Crippen LogP contribution in [0.15, 0.2) is 85.1 Å². The van der Waals surface area contributed by atoms with Crippen molar-refractivity contribution in [2.45, 2.75) is 25.9 Å². The van der Waals surface area contributed by atoms with E-state index in [-0.39, 0.29) is 12.1 Å². The van der Waals surface area contributed by atoms with E-state index in [1.54, 1.807) is 26.4 Å². The molecule has 0 bridgehead atoms. The number of ether oxygens (including phenoxy) is 2. The number of fused-ring (bicyclic) bond motifs is 3. The summed E-state index contributed by atoms with van der Waals surface area (Å²) in [5.74, 6) is 1.17. The molecule has 3 aromatic carbocycles. The SMILES string of the molecule is CCc1ccc([C@@H]2c3cccn3-c3ccccc3CN2C(=O)Nc2ccc(OC)c(OC)c2)cc1. The van der Waals surface area contributed by atoms with Gasteiger partial charge in [-0.2, -0.15) is 0 Å². The third-order valence-corrected chi connectivity index (χ3v) is 6.56. The third-order valence-electron chi connectivity index (χ3n) is 6.56. The molecule has 6 heteroatoms. The van der Waals surface area contributed by atoms with Gasteiger partial charge in [-0.3, -0.25) is 0 Å². The van der Waals surface area contributed by atoms with Crippen LogP contribution in [0.5, 0.6) is 11.5 Å². The lowest BCUT2D eigenvalue weighted by molar-refractivity contribution is 0.194. The van der Waals surface area contributed by atoms with E-state index in [1.807, 2.05) is 29.2 Å². The summed E-state index contributed by atoms with van der Waals surface area (Å²) in [6.07, 6.45) is 3.04. The number of aryl methyl sites for hydroxylation is 1. The number of nitrogens with one attached hydrogen (secondary N) is 1. The lowest BCUT2D eigenvalue weighted by atomic mass is 10.00. The van der Waals surface area contributed by atoms with Crippen LogP contribution < -0.4 is 14.8 Å². The summed E-state index contributed by atoms with van der Waals surface area (Å²) in [5, 5.41) is 3.08. The molecule has 0 spiro atoms. The van der Waals surface area contributed by atoms with Gasteiger partial charge in [-0.15, -0.1) is 0 Å². The van der Waals surface area contributed by atoms with Gasteiger partial charge in [0.05, 0.1) is 32.5 Å². The van der Waals surface area contributed by atoms with E-state index in [4.69, 9.17) is 9.47 Å². The molecule has 0 aliphatic carbocycles. The molecular weight excluding hydrogens is 438 g/mol. The van der Waals surface area contributed by atoms with Crippen molar-refractivity contribution in [3.05, 3.63) is 107 Å². The van der Waals surface area contributed by atoms with E-state index in [2.05, 4.69) is 65.5 Å². The summed E-state index contributed by atoms with van der Waals surface area (Å²) >= 11 is 0. The Balaban J connectivity index is 1.58. The van der Waals surface area contributed by atoms with Gasteiger partial charge in [0, 0.05) is 23.6 Å². The number of nitrogens with zero attached hydrogens (tertiary/aromatic N) is 2. The number of methoxy groups -OCH3 is 2. The van der Waals surface area contributed by atoms with Crippen LogP contribution in [0.1, 0.15) is 35.3 Å². The standard InChI is InChI=1S/C29H29N3O3/c1-4-20-11-13-21(14-12-20)28-25-10-7-17-31(25)24-9-6-5-8-22(24)19-32(28)29(33)30-23-15-16-26(34-2)27(18-23)35-3/h5-18,28H,4,19H2,1-3H3,(H,30,33)/t28-/m1/s1. The number of carbonyl (C=O) groups excluding carboxylic acids is 1. The van der Waals surface area contributed by atoms with Crippen molar-refractivity contribution >= 4 is 11.7 Å². The lowest BCUT2D eigenvalue weighted by Gasteiger charge is -2.31. The highest BCUT2D eigenvalue weighted by molar-refractivity contribution is 5.90. The first kappa shape index (κ1) is 22.6. The highest BCUT2D eigenvalue weighted by atomic mass is 16.5. The van der Waals surface area contributed by atoms with Gasteiger partial charge in [0.25, 0.3) is 0 Å². The zero-order valence-electron chi connectivity index (χ0n) is 20.2. The number of carbonyl (C=O) groups is 1. The average molecular weight is 468 g/mol. The van der Waals surface area contributed by atoms with Gasteiger partial charge < -0.3 is 24.3 Å². The molecule has 178 valence electrons. The van der Waals surface area contributed by atoms with Crippen LogP contribution in [0.3, 0.4) is 0 Å². The highest BCUT2D eigenvalue weighted by Crippen LogP contribution is 2.37. The number of amides is 2. The molecule has 35 heavy (non-hydrogen) atoms. The zero-order valence-corrected chi connectivity index (χ0v) is 20.2. The Morgan fingerprint density at radius 1 is 0.943 bits per heavy atom. The molecule has 0 saturated carbocycles. The van der Waals surface area contributed by atoms with Crippen LogP contribution >= 0.6 is 0 Å². The largest absolute Gasteiger partial charge is 0.493 e. The summed E-state index contributed by atoms with van der Waals surface area (Å²) in [7, 11) is 3.17. The van der Waals surface area contributed by atoms with Crippen LogP contribution in [0.2, 0.25) is 0 Å². The quantitative estimate of drug-likeness (QED) is 0.381. The Morgan fingerprint density at radius 2 is 1.71 bits per heavy atom. The number of hydrogen-bond acceptors (Lipinski definition) is 3. The second-order valence-corrected chi connectivity index (χ2v) is 8.56. The molecule has 2 heterocycles. The third kappa shape index (κ3) is 4.23. The number of rotatable bonds is 5. The Bertz CT molecular complexity index is 1340. The fourth-order valence-electron chi connectivity index (χ4n) is 4.74. The van der Waals surface area contributed by atoms with E-state index >= 15 is 0 Å². The second kappa shape index (κ2) is 9.58. The Kier molecular flexibility index (Phi) is 6.19. The molecule has 6 nitrogen and oxygen atoms in total. The van der Waals surface area contributed by atoms with Crippen LogP contribution in [0.4, 0.5) is 10.5 Å². The van der Waals surface area contributed by atoms with Crippen LogP contribution in [0.25, 0.3) is 5.69 Å². The first-order valence-corrected chi connectivity index (χ1v) is 11.8. The molecule has 1 aromatic heterocycles. The number of hydrogen-bond donors (Lipinski definition) is 1. The predicted octanol–water partition coefficient (Wildman–Crippen LogP) is 6.19. The Labute approximate surface area is 205 Å². The van der Waals surface area contributed by atoms with Gasteiger partial charge in [0.2, 0.25) is 0 Å². The van der Waals surface area contributed by atoms with E-state index in [1.165, 1.54) is 5.56 Å². The van der Waals surface area contributed by atoms with Crippen molar-refractivity contribution in [2.24, 2.45) is 0 Å². The normalized spacial score (nSPS) is 14.5. The monoisotopic (exact) mass is 467 g/mol. The van der Waals surface area contributed by atoms with Crippen molar-refractivity contribution < 1.29 is 14.3 Å². The molecule has 1 N–H and O–H groups in total. The molecule has 2 amide bonds. The van der Waals surface area contributed by atoms with Crippen molar-refractivity contribution in [1.82, 2.24) is 9.47 Å². The molecular formula is C29H29N3O3. The molecule has 1 aliphatic heterocycles. The zero-order chi connectivity index (χ0) is 24.4. The Morgan fingerprint density at radius 3 is 2.46 bits per heavy atom. The molecule has 0 unspecified atom stereocenters. The summed E-state index contributed by atoms with van der Waals surface area (Å²) in [6, 6.07) is 25.9. The summed E-state index contributed by atoms with van der Waals surface area (Å²) in [4.78, 5) is 15.8. The number of urea groups is 1. The van der Waals surface area contributed by atoms with Crippen LogP contribution in [-0.4, -0.2) is 29.7 Å². The first-order chi connectivity index (χ1) is 17.1. The summed E-state index contributed by atoms with van der Waals surface area (Å²) in [5.41, 5.74) is 6.19. The minimum atomic E-state index is -0.261. The number of para-hydroxylation sites is 1. The minimum Gasteiger partial charge on any atom is -0.493 e. The van der Waals surface area contributed by atoms with Gasteiger partial charge in [0.1, 0.15) is 0 Å². The molecule has 0 radical (unpaired) electrons. The fraction of sp³-hybridized carbons (Fsp3) is 0.207. The van der Waals surface area contributed by atoms with Gasteiger partial charge in [-0.05, 0) is 53.4 Å². The van der Waals surface area contributed by atoms with Crippen molar-refractivity contribution in [2.75, 3.05) is 19.5 Å². The van der Waals surface area contributed by atoms with Gasteiger partial charge in [-0.1, -0.05) is 49.4 Å². The van der Waals surface area contributed by atoms with Crippen molar-refractivity contribution in [3.8, 4) is 17.2 Å². The molecule has 5 rings (SSSR count). The predicted molar refractivity (Wildman–Crippen MR) is 138 cm³/mol. The van der Waals surface area contributed by atoms with Gasteiger partial charge in [-0.25, -0.2) is 4.79 Å². The van der Waals surface area contributed by atoms with E-state index in [0.717, 1.165) is 28.9 Å². The molecule has 4 aromatic rings. The second-order valence-electron chi connectivity index (χ2n) is 8.56. The first-order valence-electron chi connectivity index (χ1n) is 11.8. The average Bonchev–Trinajstić information content (AvgIpc) is 3.33. The fourth-order valence-corrected chi connectivity index (χ4v) is 4.74. The maximum atomic E-state index is 13.9. The van der Waals surface area contributed by atoms with E-state index < -0.39 is 0 Å². The van der Waals surface area contributed by atoms with Crippen molar-refractivity contribution in [3.63, 3.8) is 0 Å². The summed E-state index contributed by atoms with van der Waals surface area (Å²) in [6.45, 7) is 2.61. The van der Waals surface area contributed by atoms with Crippen molar-refractivity contribution in [1.29, 1.82) is 0 Å². The highest BCUT2D eigenvalue weighted by Gasteiger charge is 2.33. The summed E-state index contributed by atoms with van der Waals surface area (Å²) < 4.78 is 13.0. The van der Waals surface area contributed by atoms with E-state index in [0.29, 0.717) is 23.7 Å². The van der Waals surface area contributed by atoms with Crippen LogP contribution in [0, 0.1) is 0 Å². The van der Waals surface area contributed by atoms with Gasteiger partial charge >= 0.3 is 6.03 Å². The number of anilines is 1. The maximum Gasteiger partial charge on any atom is 0.322 e. The number of aromatic nitrogens is 1. The number of benzene rings is 3. The smallest absolute Gasteiger partial charge is 0.322 e.